The maximum Gasteiger partial charge on any atom is 0.331 e. The Kier molecular flexibility index (Phi) is 8.92. The second-order valence-corrected chi connectivity index (χ2v) is 4.43. The van der Waals surface area contributed by atoms with E-state index in [-0.39, 0.29) is 11.8 Å². The summed E-state index contributed by atoms with van der Waals surface area (Å²) in [6, 6.07) is 8.76. The van der Waals surface area contributed by atoms with Crippen LogP contribution in [0, 0.1) is 5.92 Å². The van der Waals surface area contributed by atoms with Crippen LogP contribution in [0.1, 0.15) is 24.2 Å². The van der Waals surface area contributed by atoms with Gasteiger partial charge in [-0.15, -0.1) is 0 Å². The minimum Gasteiger partial charge on any atom is -0.478 e. The third-order valence-electron chi connectivity index (χ3n) is 1.98. The third kappa shape index (κ3) is 10.9. The SMILES string of the molecule is CC(C)COC(=O)/C=C/C(=O)O.NC(=O)c1ccccc1. The number of aliphatic carboxylic acids is 1. The molecule has 6 nitrogen and oxygen atoms in total. The number of benzene rings is 1. The van der Waals surface area contributed by atoms with Crippen LogP contribution < -0.4 is 5.73 Å². The first-order chi connectivity index (χ1) is 9.82. The number of rotatable bonds is 5. The molecule has 0 unspecified atom stereocenters. The number of carbonyl (C=O) groups is 3. The molecule has 0 atom stereocenters. The molecule has 6 heteroatoms. The van der Waals surface area contributed by atoms with Gasteiger partial charge in [0, 0.05) is 17.7 Å². The Labute approximate surface area is 123 Å². The first kappa shape index (κ1) is 18.4. The molecular formula is C15H19NO5. The quantitative estimate of drug-likeness (QED) is 0.633. The van der Waals surface area contributed by atoms with Gasteiger partial charge in [-0.1, -0.05) is 32.0 Å². The fourth-order valence-electron chi connectivity index (χ4n) is 1.04. The lowest BCUT2D eigenvalue weighted by Crippen LogP contribution is -2.09. The van der Waals surface area contributed by atoms with Crippen LogP contribution in [0.3, 0.4) is 0 Å². The maximum atomic E-state index is 10.7. The summed E-state index contributed by atoms with van der Waals surface area (Å²) in [5.41, 5.74) is 5.53. The van der Waals surface area contributed by atoms with Crippen molar-refractivity contribution in [1.82, 2.24) is 0 Å². The molecule has 0 radical (unpaired) electrons. The second-order valence-electron chi connectivity index (χ2n) is 4.43. The minimum atomic E-state index is -1.16. The molecule has 21 heavy (non-hydrogen) atoms. The van der Waals surface area contributed by atoms with Crippen molar-refractivity contribution in [3.63, 3.8) is 0 Å². The molecule has 3 N–H and O–H groups in total. The van der Waals surface area contributed by atoms with Gasteiger partial charge in [-0.3, -0.25) is 4.79 Å². The second kappa shape index (κ2) is 10.2. The monoisotopic (exact) mass is 293 g/mol. The van der Waals surface area contributed by atoms with Gasteiger partial charge in [-0.25, -0.2) is 9.59 Å². The van der Waals surface area contributed by atoms with Crippen LogP contribution in [0.15, 0.2) is 42.5 Å². The van der Waals surface area contributed by atoms with Crippen LogP contribution in [0.5, 0.6) is 0 Å². The highest BCUT2D eigenvalue weighted by atomic mass is 16.5. The van der Waals surface area contributed by atoms with Crippen LogP contribution in [0.25, 0.3) is 0 Å². The van der Waals surface area contributed by atoms with Gasteiger partial charge >= 0.3 is 11.9 Å². The topological polar surface area (TPSA) is 107 Å². The van der Waals surface area contributed by atoms with Gasteiger partial charge in [0.1, 0.15) is 0 Å². The number of carbonyl (C=O) groups excluding carboxylic acids is 2. The van der Waals surface area contributed by atoms with E-state index in [1.807, 2.05) is 19.9 Å². The molecular weight excluding hydrogens is 274 g/mol. The number of carboxylic acid groups (broad SMARTS) is 1. The molecule has 1 aromatic carbocycles. The van der Waals surface area contributed by atoms with Gasteiger partial charge in [0.25, 0.3) is 0 Å². The average molecular weight is 293 g/mol. The van der Waals surface area contributed by atoms with E-state index in [0.717, 1.165) is 12.2 Å². The molecule has 0 saturated heterocycles. The molecule has 1 amide bonds. The molecule has 0 aromatic heterocycles. The molecule has 0 saturated carbocycles. The lowest BCUT2D eigenvalue weighted by atomic mass is 10.2. The summed E-state index contributed by atoms with van der Waals surface area (Å²) in [4.78, 5) is 31.1. The van der Waals surface area contributed by atoms with Crippen LogP contribution in [0.4, 0.5) is 0 Å². The van der Waals surface area contributed by atoms with Gasteiger partial charge in [-0.2, -0.15) is 0 Å². The van der Waals surface area contributed by atoms with Gasteiger partial charge in [0.2, 0.25) is 5.91 Å². The van der Waals surface area contributed by atoms with Crippen molar-refractivity contribution in [2.45, 2.75) is 13.8 Å². The highest BCUT2D eigenvalue weighted by Crippen LogP contribution is 1.95. The first-order valence-corrected chi connectivity index (χ1v) is 6.25. The number of hydrogen-bond acceptors (Lipinski definition) is 4. The van der Waals surface area contributed by atoms with Gasteiger partial charge in [0.15, 0.2) is 0 Å². The summed E-state index contributed by atoms with van der Waals surface area (Å²) < 4.78 is 4.66. The summed E-state index contributed by atoms with van der Waals surface area (Å²) in [5, 5.41) is 8.15. The van der Waals surface area contributed by atoms with E-state index in [2.05, 4.69) is 4.74 Å². The number of ether oxygens (including phenoxy) is 1. The molecule has 0 aliphatic carbocycles. The summed E-state index contributed by atoms with van der Waals surface area (Å²) in [5.74, 6) is -1.90. The maximum absolute atomic E-state index is 10.7. The molecule has 0 spiro atoms. The van der Waals surface area contributed by atoms with E-state index in [1.54, 1.807) is 24.3 Å². The van der Waals surface area contributed by atoms with Crippen molar-refractivity contribution in [3.05, 3.63) is 48.0 Å². The highest BCUT2D eigenvalue weighted by molar-refractivity contribution is 5.92. The lowest BCUT2D eigenvalue weighted by Gasteiger charge is -2.03. The summed E-state index contributed by atoms with van der Waals surface area (Å²) >= 11 is 0. The molecule has 1 rings (SSSR count). The molecule has 0 fully saturated rings. The van der Waals surface area contributed by atoms with Gasteiger partial charge in [-0.05, 0) is 18.1 Å². The summed E-state index contributed by atoms with van der Waals surface area (Å²) in [7, 11) is 0. The third-order valence-corrected chi connectivity index (χ3v) is 1.98. The Bertz CT molecular complexity index is 494. The Hall–Kier alpha value is -2.63. The standard InChI is InChI=1S/C8H12O4.C7H7NO/c1-6(2)5-12-8(11)4-3-7(9)10;8-7(9)6-4-2-1-3-5-6/h3-4,6H,5H2,1-2H3,(H,9,10);1-5H,(H2,8,9)/b4-3+;. The number of nitrogens with two attached hydrogens (primary N) is 1. The van der Waals surface area contributed by atoms with E-state index < -0.39 is 11.9 Å². The lowest BCUT2D eigenvalue weighted by molar-refractivity contribution is -0.139. The number of carboxylic acids is 1. The van der Waals surface area contributed by atoms with Gasteiger partial charge in [0.05, 0.1) is 6.61 Å². The Morgan fingerprint density at radius 1 is 1.19 bits per heavy atom. The van der Waals surface area contributed by atoms with Crippen molar-refractivity contribution in [1.29, 1.82) is 0 Å². The van der Waals surface area contributed by atoms with Gasteiger partial charge < -0.3 is 15.6 Å². The predicted molar refractivity (Wildman–Crippen MR) is 77.5 cm³/mol. The fraction of sp³-hybridized carbons (Fsp3) is 0.267. The first-order valence-electron chi connectivity index (χ1n) is 6.25. The molecule has 114 valence electrons. The van der Waals surface area contributed by atoms with Crippen molar-refractivity contribution in [2.24, 2.45) is 11.7 Å². The molecule has 0 aliphatic heterocycles. The smallest absolute Gasteiger partial charge is 0.331 e. The zero-order valence-corrected chi connectivity index (χ0v) is 12.0. The van der Waals surface area contributed by atoms with E-state index in [4.69, 9.17) is 10.8 Å². The molecule has 0 bridgehead atoms. The van der Waals surface area contributed by atoms with Crippen molar-refractivity contribution >= 4 is 17.8 Å². The normalized spacial score (nSPS) is 9.86. The van der Waals surface area contributed by atoms with E-state index in [1.165, 1.54) is 0 Å². The average Bonchev–Trinajstić information content (AvgIpc) is 2.44. The van der Waals surface area contributed by atoms with Crippen molar-refractivity contribution in [3.8, 4) is 0 Å². The predicted octanol–water partition coefficient (Wildman–Crippen LogP) is 1.61. The van der Waals surface area contributed by atoms with Crippen LogP contribution in [0.2, 0.25) is 0 Å². The van der Waals surface area contributed by atoms with Crippen LogP contribution >= 0.6 is 0 Å². The zero-order valence-electron chi connectivity index (χ0n) is 12.0. The fourth-order valence-corrected chi connectivity index (χ4v) is 1.04. The summed E-state index contributed by atoms with van der Waals surface area (Å²) in [6.45, 7) is 4.10. The van der Waals surface area contributed by atoms with Crippen molar-refractivity contribution in [2.75, 3.05) is 6.61 Å². The van der Waals surface area contributed by atoms with Crippen LogP contribution in [-0.2, 0) is 14.3 Å². The van der Waals surface area contributed by atoms with Crippen molar-refractivity contribution < 1.29 is 24.2 Å². The largest absolute Gasteiger partial charge is 0.478 e. The van der Waals surface area contributed by atoms with E-state index in [0.29, 0.717) is 12.2 Å². The molecule has 0 heterocycles. The van der Waals surface area contributed by atoms with E-state index >= 15 is 0 Å². The van der Waals surface area contributed by atoms with Crippen LogP contribution in [-0.4, -0.2) is 29.6 Å². The minimum absolute atomic E-state index is 0.257. The highest BCUT2D eigenvalue weighted by Gasteiger charge is 1.99. The summed E-state index contributed by atoms with van der Waals surface area (Å²) in [6.07, 6.45) is 1.65. The molecule has 0 aliphatic rings. The zero-order chi connectivity index (χ0) is 16.3. The number of primary amides is 1. The number of esters is 1. The number of amides is 1. The molecule has 1 aromatic rings. The Morgan fingerprint density at radius 3 is 2.14 bits per heavy atom. The Balaban J connectivity index is 0.000000394. The number of hydrogen-bond donors (Lipinski definition) is 2. The Morgan fingerprint density at radius 2 is 1.76 bits per heavy atom. The van der Waals surface area contributed by atoms with E-state index in [9.17, 15) is 14.4 Å².